The van der Waals surface area contributed by atoms with Crippen molar-refractivity contribution in [3.05, 3.63) is 176 Å². The maximum atomic E-state index is 6.42. The van der Waals surface area contributed by atoms with Gasteiger partial charge in [-0.25, -0.2) is 0 Å². The van der Waals surface area contributed by atoms with E-state index in [1.54, 1.807) is 0 Å². The molecule has 2 heterocycles. The second-order valence-corrected chi connectivity index (χ2v) is 13.3. The van der Waals surface area contributed by atoms with E-state index in [4.69, 9.17) is 8.83 Å². The van der Waals surface area contributed by atoms with Crippen LogP contribution in [-0.4, -0.2) is 0 Å². The van der Waals surface area contributed by atoms with Crippen molar-refractivity contribution in [1.29, 1.82) is 0 Å². The zero-order valence-electron chi connectivity index (χ0n) is 27.5. The van der Waals surface area contributed by atoms with Gasteiger partial charge in [0.15, 0.2) is 0 Å². The quantitative estimate of drug-likeness (QED) is 0.177. The van der Waals surface area contributed by atoms with E-state index in [1.807, 2.05) is 24.3 Å². The van der Waals surface area contributed by atoms with E-state index < -0.39 is 0 Å². The van der Waals surface area contributed by atoms with E-state index in [2.05, 4.69) is 157 Å². The minimum absolute atomic E-state index is 0.857. The van der Waals surface area contributed by atoms with Gasteiger partial charge in [0.1, 0.15) is 22.3 Å². The molecule has 2 aromatic heterocycles. The molecule has 3 nitrogen and oxygen atoms in total. The van der Waals surface area contributed by atoms with Crippen LogP contribution < -0.4 is 4.90 Å². The molecular formula is C48H29NO2. The Morgan fingerprint density at radius 2 is 0.863 bits per heavy atom. The molecule has 0 fully saturated rings. The van der Waals surface area contributed by atoms with Crippen LogP contribution in [0.15, 0.2) is 185 Å². The third kappa shape index (κ3) is 4.32. The van der Waals surface area contributed by atoms with Crippen LogP contribution in [0, 0.1) is 0 Å². The average molecular weight is 652 g/mol. The highest BCUT2D eigenvalue weighted by Gasteiger charge is 2.21. The normalized spacial score (nSPS) is 11.9. The Labute approximate surface area is 293 Å². The summed E-state index contributed by atoms with van der Waals surface area (Å²) in [6.45, 7) is 0. The third-order valence-corrected chi connectivity index (χ3v) is 10.4. The maximum absolute atomic E-state index is 6.42. The molecule has 0 spiro atoms. The number of furan rings is 2. The molecule has 3 heteroatoms. The lowest BCUT2D eigenvalue weighted by atomic mass is 9.94. The van der Waals surface area contributed by atoms with E-state index in [-0.39, 0.29) is 0 Å². The lowest BCUT2D eigenvalue weighted by molar-refractivity contribution is 0.668. The van der Waals surface area contributed by atoms with Gasteiger partial charge < -0.3 is 13.7 Å². The highest BCUT2D eigenvalue weighted by molar-refractivity contribution is 6.18. The fourth-order valence-electron chi connectivity index (χ4n) is 8.03. The minimum Gasteiger partial charge on any atom is -0.456 e. The molecule has 11 rings (SSSR count). The Morgan fingerprint density at radius 1 is 0.314 bits per heavy atom. The SMILES string of the molecule is c1ccc(N(c2ccc3c(c2)oc2ccccc23)c2ccc3oc4ccccc4c3c2)c(-c2ccc3ccc4c5ccccc5ccc4c3c2)c1. The molecule has 0 amide bonds. The molecule has 0 aliphatic heterocycles. The zero-order chi connectivity index (χ0) is 33.5. The summed E-state index contributed by atoms with van der Waals surface area (Å²) in [6, 6.07) is 62.8. The van der Waals surface area contributed by atoms with Gasteiger partial charge >= 0.3 is 0 Å². The van der Waals surface area contributed by atoms with Crippen LogP contribution >= 0.6 is 0 Å². The maximum Gasteiger partial charge on any atom is 0.137 e. The number of hydrogen-bond donors (Lipinski definition) is 0. The molecule has 238 valence electrons. The summed E-state index contributed by atoms with van der Waals surface area (Å²) >= 11 is 0. The van der Waals surface area contributed by atoms with Crippen LogP contribution in [0.5, 0.6) is 0 Å². The highest BCUT2D eigenvalue weighted by Crippen LogP contribution is 2.45. The molecule has 11 aromatic rings. The van der Waals surface area contributed by atoms with Crippen molar-refractivity contribution >= 4 is 93.3 Å². The summed E-state index contributed by atoms with van der Waals surface area (Å²) < 4.78 is 12.7. The van der Waals surface area contributed by atoms with E-state index in [0.29, 0.717) is 0 Å². The molecule has 0 radical (unpaired) electrons. The molecule has 0 aliphatic carbocycles. The van der Waals surface area contributed by atoms with Crippen LogP contribution in [0.1, 0.15) is 0 Å². The molecule has 0 aliphatic rings. The van der Waals surface area contributed by atoms with Gasteiger partial charge in [-0.05, 0) is 92.5 Å². The third-order valence-electron chi connectivity index (χ3n) is 10.4. The van der Waals surface area contributed by atoms with Crippen LogP contribution in [0.3, 0.4) is 0 Å². The predicted molar refractivity (Wildman–Crippen MR) is 214 cm³/mol. The summed E-state index contributed by atoms with van der Waals surface area (Å²) in [6.07, 6.45) is 0. The predicted octanol–water partition coefficient (Wildman–Crippen LogP) is 14.1. The van der Waals surface area contributed by atoms with Gasteiger partial charge in [0.2, 0.25) is 0 Å². The summed E-state index contributed by atoms with van der Waals surface area (Å²) in [5.74, 6) is 0. The largest absolute Gasteiger partial charge is 0.456 e. The Bertz CT molecular complexity index is 3160. The Morgan fingerprint density at radius 3 is 1.71 bits per heavy atom. The molecular weight excluding hydrogens is 623 g/mol. The second-order valence-electron chi connectivity index (χ2n) is 13.3. The van der Waals surface area contributed by atoms with Crippen LogP contribution in [0.4, 0.5) is 17.1 Å². The zero-order valence-corrected chi connectivity index (χ0v) is 27.5. The van der Waals surface area contributed by atoms with Crippen molar-refractivity contribution in [1.82, 2.24) is 0 Å². The molecule has 0 bridgehead atoms. The second kappa shape index (κ2) is 10.8. The standard InChI is InChI=1S/C48H29NO2/c1-2-10-35-30(9-1)19-24-38-37(35)23-20-31-17-18-32(27-42(31)38)36-11-3-6-14-44(36)49(33-22-26-47-43(28-33)40-13-5-8-16-46(40)50-47)34-21-25-41-39-12-4-7-15-45(39)51-48(41)29-34/h1-29H. The summed E-state index contributed by atoms with van der Waals surface area (Å²) in [5, 5.41) is 11.9. The number of anilines is 3. The number of fused-ring (bicyclic) bond motifs is 11. The molecule has 0 saturated carbocycles. The van der Waals surface area contributed by atoms with Crippen LogP contribution in [-0.2, 0) is 0 Å². The Kier molecular flexibility index (Phi) is 5.96. The van der Waals surface area contributed by atoms with Gasteiger partial charge in [-0.2, -0.15) is 0 Å². The lowest BCUT2D eigenvalue weighted by Crippen LogP contribution is -2.11. The van der Waals surface area contributed by atoms with Crippen LogP contribution in [0.2, 0.25) is 0 Å². The number of benzene rings is 9. The van der Waals surface area contributed by atoms with Crippen LogP contribution in [0.25, 0.3) is 87.3 Å². The van der Waals surface area contributed by atoms with Gasteiger partial charge in [0.05, 0.1) is 5.69 Å². The van der Waals surface area contributed by atoms with E-state index >= 15 is 0 Å². The molecule has 0 saturated heterocycles. The summed E-state index contributed by atoms with van der Waals surface area (Å²) in [5.41, 5.74) is 8.92. The number of rotatable bonds is 4. The van der Waals surface area contributed by atoms with Crippen molar-refractivity contribution < 1.29 is 8.83 Å². The lowest BCUT2D eigenvalue weighted by Gasteiger charge is -2.28. The molecule has 51 heavy (non-hydrogen) atoms. The molecule has 9 aromatic carbocycles. The first kappa shape index (κ1) is 28.0. The van der Waals surface area contributed by atoms with Gasteiger partial charge in [-0.1, -0.05) is 115 Å². The first-order chi connectivity index (χ1) is 25.3. The summed E-state index contributed by atoms with van der Waals surface area (Å²) in [4.78, 5) is 2.35. The minimum atomic E-state index is 0.857. The monoisotopic (exact) mass is 651 g/mol. The Hall–Kier alpha value is -6.84. The van der Waals surface area contributed by atoms with Crippen molar-refractivity contribution in [3.8, 4) is 11.1 Å². The first-order valence-electron chi connectivity index (χ1n) is 17.3. The Balaban J connectivity index is 1.15. The van der Waals surface area contributed by atoms with Crippen molar-refractivity contribution in [2.24, 2.45) is 0 Å². The van der Waals surface area contributed by atoms with Gasteiger partial charge in [-0.15, -0.1) is 0 Å². The molecule has 0 N–H and O–H groups in total. The fraction of sp³-hybridized carbons (Fsp3) is 0. The van der Waals surface area contributed by atoms with Crippen molar-refractivity contribution in [2.75, 3.05) is 4.90 Å². The van der Waals surface area contributed by atoms with Gasteiger partial charge in [-0.3, -0.25) is 0 Å². The highest BCUT2D eigenvalue weighted by atomic mass is 16.3. The van der Waals surface area contributed by atoms with E-state index in [0.717, 1.165) is 72.1 Å². The molecule has 0 atom stereocenters. The van der Waals surface area contributed by atoms with Crippen molar-refractivity contribution in [3.63, 3.8) is 0 Å². The average Bonchev–Trinajstić information content (AvgIpc) is 3.75. The fourth-order valence-corrected chi connectivity index (χ4v) is 8.03. The number of hydrogen-bond acceptors (Lipinski definition) is 3. The van der Waals surface area contributed by atoms with Gasteiger partial charge in [0.25, 0.3) is 0 Å². The van der Waals surface area contributed by atoms with E-state index in [1.165, 1.54) is 32.3 Å². The summed E-state index contributed by atoms with van der Waals surface area (Å²) in [7, 11) is 0. The number of nitrogens with zero attached hydrogens (tertiary/aromatic N) is 1. The van der Waals surface area contributed by atoms with Crippen molar-refractivity contribution in [2.45, 2.75) is 0 Å². The number of para-hydroxylation sites is 3. The topological polar surface area (TPSA) is 29.5 Å². The first-order valence-corrected chi connectivity index (χ1v) is 17.3. The van der Waals surface area contributed by atoms with E-state index in [9.17, 15) is 0 Å². The molecule has 0 unspecified atom stereocenters. The smallest absolute Gasteiger partial charge is 0.137 e. The van der Waals surface area contributed by atoms with Gasteiger partial charge in [0, 0.05) is 44.5 Å².